The topological polar surface area (TPSA) is 122 Å². The zero-order valence-corrected chi connectivity index (χ0v) is 9.83. The minimum atomic E-state index is -0.810. The van der Waals surface area contributed by atoms with Gasteiger partial charge in [0.25, 0.3) is 5.95 Å². The molecule has 1 saturated carbocycles. The van der Waals surface area contributed by atoms with E-state index in [2.05, 4.69) is 26.0 Å². The van der Waals surface area contributed by atoms with Crippen LogP contribution in [-0.2, 0) is 11.8 Å². The number of nitrogens with zero attached hydrogens (tertiary/aromatic N) is 4. The third-order valence-corrected chi connectivity index (χ3v) is 2.85. The molecule has 9 nitrogen and oxygen atoms in total. The van der Waals surface area contributed by atoms with Crippen LogP contribution in [0.15, 0.2) is 0 Å². The van der Waals surface area contributed by atoms with Crippen molar-refractivity contribution in [2.75, 3.05) is 5.32 Å². The van der Waals surface area contributed by atoms with Gasteiger partial charge in [0, 0.05) is 6.04 Å². The van der Waals surface area contributed by atoms with Gasteiger partial charge in [-0.1, -0.05) is 5.10 Å². The molecule has 1 aromatic heterocycles. The molecule has 1 heterocycles. The first-order valence-electron chi connectivity index (χ1n) is 5.59. The quantitative estimate of drug-likeness (QED) is 0.673. The molecular weight excluding hydrogens is 240 g/mol. The van der Waals surface area contributed by atoms with Crippen molar-refractivity contribution in [3.63, 3.8) is 0 Å². The standard InChI is InChI=1S/C9H14N6O3/c1-15-13-8(12-14-15)11-9(18)10-6-3-2-5(4-6)7(16)17/h5-6H,2-4H2,1H3,(H,16,17)(H2,10,11,13,18)/t5-,6+/m1/s1. The van der Waals surface area contributed by atoms with Crippen molar-refractivity contribution < 1.29 is 14.7 Å². The van der Waals surface area contributed by atoms with Crippen LogP contribution >= 0.6 is 0 Å². The molecule has 3 N–H and O–H groups in total. The molecule has 0 aromatic carbocycles. The average molecular weight is 254 g/mol. The maximum atomic E-state index is 11.6. The Morgan fingerprint density at radius 1 is 1.44 bits per heavy atom. The molecular formula is C9H14N6O3. The first-order chi connectivity index (χ1) is 8.54. The number of hydrogen-bond donors (Lipinski definition) is 3. The number of aryl methyl sites for hydroxylation is 1. The third-order valence-electron chi connectivity index (χ3n) is 2.85. The van der Waals surface area contributed by atoms with Gasteiger partial charge < -0.3 is 10.4 Å². The molecule has 1 aliphatic rings. The second kappa shape index (κ2) is 4.98. The van der Waals surface area contributed by atoms with Crippen LogP contribution in [0.4, 0.5) is 10.7 Å². The van der Waals surface area contributed by atoms with Gasteiger partial charge in [0.2, 0.25) is 0 Å². The number of aromatic nitrogens is 4. The van der Waals surface area contributed by atoms with Crippen molar-refractivity contribution in [3.8, 4) is 0 Å². The first kappa shape index (κ1) is 12.3. The lowest BCUT2D eigenvalue weighted by Gasteiger charge is -2.11. The summed E-state index contributed by atoms with van der Waals surface area (Å²) in [6.45, 7) is 0. The summed E-state index contributed by atoms with van der Waals surface area (Å²) in [7, 11) is 1.59. The van der Waals surface area contributed by atoms with Crippen molar-refractivity contribution in [2.24, 2.45) is 13.0 Å². The number of carboxylic acids is 1. The molecule has 2 rings (SSSR count). The molecule has 1 fully saturated rings. The van der Waals surface area contributed by atoms with Crippen LogP contribution in [-0.4, -0.2) is 43.4 Å². The minimum absolute atomic E-state index is 0.114. The Balaban J connectivity index is 1.80. The highest BCUT2D eigenvalue weighted by atomic mass is 16.4. The van der Waals surface area contributed by atoms with Gasteiger partial charge in [-0.2, -0.15) is 4.80 Å². The van der Waals surface area contributed by atoms with Crippen LogP contribution in [0.1, 0.15) is 19.3 Å². The molecule has 1 aliphatic carbocycles. The number of nitrogens with one attached hydrogen (secondary N) is 2. The Labute approximate surface area is 103 Å². The molecule has 1 aromatic rings. The Morgan fingerprint density at radius 2 is 2.22 bits per heavy atom. The Morgan fingerprint density at radius 3 is 2.78 bits per heavy atom. The van der Waals surface area contributed by atoms with E-state index in [4.69, 9.17) is 5.11 Å². The zero-order chi connectivity index (χ0) is 13.1. The van der Waals surface area contributed by atoms with Gasteiger partial charge in [0.05, 0.1) is 13.0 Å². The average Bonchev–Trinajstić information content (AvgIpc) is 2.88. The van der Waals surface area contributed by atoms with Crippen molar-refractivity contribution in [1.29, 1.82) is 0 Å². The van der Waals surface area contributed by atoms with Crippen molar-refractivity contribution in [1.82, 2.24) is 25.5 Å². The van der Waals surface area contributed by atoms with E-state index in [1.54, 1.807) is 7.05 Å². The van der Waals surface area contributed by atoms with Crippen molar-refractivity contribution in [2.45, 2.75) is 25.3 Å². The minimum Gasteiger partial charge on any atom is -0.481 e. The lowest BCUT2D eigenvalue weighted by Crippen LogP contribution is -2.37. The zero-order valence-electron chi connectivity index (χ0n) is 9.83. The maximum absolute atomic E-state index is 11.6. The molecule has 2 atom stereocenters. The number of carbonyl (C=O) groups excluding carboxylic acids is 1. The Bertz CT molecular complexity index is 459. The van der Waals surface area contributed by atoms with Crippen molar-refractivity contribution >= 4 is 17.9 Å². The predicted molar refractivity (Wildman–Crippen MR) is 59.7 cm³/mol. The second-order valence-electron chi connectivity index (χ2n) is 4.25. The highest BCUT2D eigenvalue weighted by Gasteiger charge is 2.30. The summed E-state index contributed by atoms with van der Waals surface area (Å²) < 4.78 is 0. The normalized spacial score (nSPS) is 22.7. The summed E-state index contributed by atoms with van der Waals surface area (Å²) in [5.74, 6) is -1.07. The van der Waals surface area contributed by atoms with Crippen LogP contribution in [0, 0.1) is 5.92 Å². The number of urea groups is 1. The lowest BCUT2D eigenvalue weighted by molar-refractivity contribution is -0.141. The van der Waals surface area contributed by atoms with E-state index in [1.165, 1.54) is 4.80 Å². The van der Waals surface area contributed by atoms with Gasteiger partial charge in [-0.05, 0) is 24.5 Å². The molecule has 2 amide bonds. The number of hydrogen-bond acceptors (Lipinski definition) is 5. The van der Waals surface area contributed by atoms with E-state index in [1.807, 2.05) is 0 Å². The van der Waals surface area contributed by atoms with E-state index >= 15 is 0 Å². The van der Waals surface area contributed by atoms with Gasteiger partial charge in [0.15, 0.2) is 0 Å². The number of carbonyl (C=O) groups is 2. The molecule has 0 bridgehead atoms. The highest BCUT2D eigenvalue weighted by Crippen LogP contribution is 2.25. The van der Waals surface area contributed by atoms with E-state index in [-0.39, 0.29) is 17.9 Å². The van der Waals surface area contributed by atoms with E-state index in [0.29, 0.717) is 19.3 Å². The van der Waals surface area contributed by atoms with Gasteiger partial charge in [-0.25, -0.2) is 4.79 Å². The molecule has 0 aliphatic heterocycles. The van der Waals surface area contributed by atoms with E-state index in [9.17, 15) is 9.59 Å². The van der Waals surface area contributed by atoms with Crippen LogP contribution in [0.3, 0.4) is 0 Å². The van der Waals surface area contributed by atoms with Gasteiger partial charge in [-0.15, -0.1) is 5.10 Å². The highest BCUT2D eigenvalue weighted by molar-refractivity contribution is 5.87. The van der Waals surface area contributed by atoms with Gasteiger partial charge in [-0.3, -0.25) is 10.1 Å². The predicted octanol–water partition coefficient (Wildman–Crippen LogP) is -0.415. The summed E-state index contributed by atoms with van der Waals surface area (Å²) in [6, 6.07) is -0.568. The first-order valence-corrected chi connectivity index (χ1v) is 5.59. The van der Waals surface area contributed by atoms with Crippen LogP contribution < -0.4 is 10.6 Å². The molecule has 98 valence electrons. The fourth-order valence-corrected chi connectivity index (χ4v) is 1.99. The largest absolute Gasteiger partial charge is 0.481 e. The number of amides is 2. The molecule has 0 unspecified atom stereocenters. The maximum Gasteiger partial charge on any atom is 0.321 e. The Hall–Kier alpha value is -2.19. The molecule has 9 heteroatoms. The fourth-order valence-electron chi connectivity index (χ4n) is 1.99. The molecule has 0 radical (unpaired) electrons. The number of rotatable bonds is 3. The summed E-state index contributed by atoms with van der Waals surface area (Å²) in [5.41, 5.74) is 0. The van der Waals surface area contributed by atoms with Crippen molar-refractivity contribution in [3.05, 3.63) is 0 Å². The van der Waals surface area contributed by atoms with Crippen LogP contribution in [0.25, 0.3) is 0 Å². The van der Waals surface area contributed by atoms with Gasteiger partial charge in [0.1, 0.15) is 0 Å². The molecule has 0 spiro atoms. The van der Waals surface area contributed by atoms with E-state index < -0.39 is 12.0 Å². The molecule has 18 heavy (non-hydrogen) atoms. The lowest BCUT2D eigenvalue weighted by atomic mass is 10.1. The fraction of sp³-hybridized carbons (Fsp3) is 0.667. The Kier molecular flexibility index (Phi) is 3.40. The van der Waals surface area contributed by atoms with E-state index in [0.717, 1.165) is 0 Å². The van der Waals surface area contributed by atoms with Crippen LogP contribution in [0.5, 0.6) is 0 Å². The number of tetrazole rings is 1. The monoisotopic (exact) mass is 254 g/mol. The second-order valence-corrected chi connectivity index (χ2v) is 4.25. The van der Waals surface area contributed by atoms with Gasteiger partial charge >= 0.3 is 12.0 Å². The summed E-state index contributed by atoms with van der Waals surface area (Å²) >= 11 is 0. The number of anilines is 1. The molecule has 0 saturated heterocycles. The third kappa shape index (κ3) is 2.93. The smallest absolute Gasteiger partial charge is 0.321 e. The number of carboxylic acid groups (broad SMARTS) is 1. The summed E-state index contributed by atoms with van der Waals surface area (Å²) in [6.07, 6.45) is 1.71. The SMILES string of the molecule is Cn1nnc(NC(=O)N[C@H]2CC[C@@H](C(=O)O)C2)n1. The van der Waals surface area contributed by atoms with Crippen LogP contribution in [0.2, 0.25) is 0 Å². The summed E-state index contributed by atoms with van der Waals surface area (Å²) in [4.78, 5) is 23.6. The summed E-state index contributed by atoms with van der Waals surface area (Å²) in [5, 5.41) is 24.9. The number of aliphatic carboxylic acids is 1.